The average Bonchev–Trinajstić information content (AvgIpc) is 3.21. The van der Waals surface area contributed by atoms with E-state index in [2.05, 4.69) is 19.8 Å². The van der Waals surface area contributed by atoms with Gasteiger partial charge in [-0.1, -0.05) is 23.4 Å². The molecule has 1 aromatic carbocycles. The molecule has 0 bridgehead atoms. The number of rotatable bonds is 8. The molecule has 1 aliphatic rings. The van der Waals surface area contributed by atoms with Crippen LogP contribution in [0.3, 0.4) is 0 Å². The maximum absolute atomic E-state index is 14.0. The molecule has 28 heavy (non-hydrogen) atoms. The number of hydrogen-bond acceptors (Lipinski definition) is 6. The third-order valence-corrected chi connectivity index (χ3v) is 5.12. The number of likely N-dealkylation sites (N-methyl/N-ethyl adjacent to an activating group) is 1. The summed E-state index contributed by atoms with van der Waals surface area (Å²) in [6.07, 6.45) is 3.45. The number of benzene rings is 1. The molecule has 3 rings (SSSR count). The fourth-order valence-corrected chi connectivity index (χ4v) is 3.64. The van der Waals surface area contributed by atoms with Gasteiger partial charge >= 0.3 is 0 Å². The molecule has 1 atom stereocenters. The maximum atomic E-state index is 14.0. The van der Waals surface area contributed by atoms with E-state index in [1.54, 1.807) is 6.07 Å². The summed E-state index contributed by atoms with van der Waals surface area (Å²) >= 11 is 0. The van der Waals surface area contributed by atoms with Crippen molar-refractivity contribution in [3.05, 3.63) is 47.5 Å². The van der Waals surface area contributed by atoms with E-state index in [1.807, 2.05) is 36.0 Å². The summed E-state index contributed by atoms with van der Waals surface area (Å²) in [6.45, 7) is 4.42. The topological polar surface area (TPSA) is 65.7 Å². The number of carbonyl (C=O) groups is 1. The van der Waals surface area contributed by atoms with E-state index >= 15 is 0 Å². The molecule has 1 aliphatic heterocycles. The van der Waals surface area contributed by atoms with Crippen molar-refractivity contribution in [2.75, 3.05) is 46.8 Å². The first kappa shape index (κ1) is 20.4. The highest BCUT2D eigenvalue weighted by molar-refractivity contribution is 5.91. The molecule has 2 aromatic rings. The van der Waals surface area contributed by atoms with E-state index in [0.29, 0.717) is 25.6 Å². The molecule has 152 valence electrons. The van der Waals surface area contributed by atoms with E-state index in [4.69, 9.17) is 0 Å². The van der Waals surface area contributed by atoms with Crippen LogP contribution in [0.2, 0.25) is 0 Å². The Hall–Kier alpha value is -2.32. The summed E-state index contributed by atoms with van der Waals surface area (Å²) in [5.74, 6) is 0.0202. The minimum absolute atomic E-state index is 0.158. The lowest BCUT2D eigenvalue weighted by Gasteiger charge is -2.36. The minimum atomic E-state index is -0.161. The van der Waals surface area contributed by atoms with Crippen LogP contribution in [0.25, 0.3) is 0 Å². The number of hydrogen-bond donors (Lipinski definition) is 0. The van der Waals surface area contributed by atoms with Crippen molar-refractivity contribution >= 4 is 5.91 Å². The third-order valence-electron chi connectivity index (χ3n) is 5.12. The second-order valence-corrected chi connectivity index (χ2v) is 7.68. The fraction of sp³-hybridized carbons (Fsp3) is 0.550. The molecule has 0 N–H and O–H groups in total. The van der Waals surface area contributed by atoms with Crippen LogP contribution in [0.15, 0.2) is 35.1 Å². The highest BCUT2D eigenvalue weighted by atomic mass is 19.1. The van der Waals surface area contributed by atoms with Crippen LogP contribution in [0.1, 0.15) is 28.9 Å². The largest absolute Gasteiger partial charge is 0.336 e. The van der Waals surface area contributed by atoms with Crippen LogP contribution < -0.4 is 0 Å². The first-order chi connectivity index (χ1) is 13.5. The van der Waals surface area contributed by atoms with Gasteiger partial charge in [0.2, 0.25) is 0 Å². The van der Waals surface area contributed by atoms with Gasteiger partial charge in [0.25, 0.3) is 5.91 Å². The summed E-state index contributed by atoms with van der Waals surface area (Å²) in [6, 6.07) is 6.92. The molecule has 0 spiro atoms. The highest BCUT2D eigenvalue weighted by Gasteiger charge is 2.26. The zero-order valence-corrected chi connectivity index (χ0v) is 16.6. The van der Waals surface area contributed by atoms with Crippen LogP contribution in [-0.4, -0.2) is 77.7 Å². The van der Waals surface area contributed by atoms with Gasteiger partial charge in [-0.25, -0.2) is 9.02 Å². The van der Waals surface area contributed by atoms with Gasteiger partial charge in [-0.2, -0.15) is 0 Å². The lowest BCUT2D eigenvalue weighted by Crippen LogP contribution is -2.44. The monoisotopic (exact) mass is 389 g/mol. The number of aromatic nitrogens is 2. The van der Waals surface area contributed by atoms with Gasteiger partial charge in [0.15, 0.2) is 5.69 Å². The third kappa shape index (κ3) is 5.59. The Kier molecular flexibility index (Phi) is 7.11. The minimum Gasteiger partial charge on any atom is -0.336 e. The molecule has 0 aliphatic carbocycles. The standard InChI is InChI=1S/C20H28FN5O2/c1-24(2)10-11-26(20(27)19-12-22-28-23-19)14-16-6-5-9-25(13-16)15-17-7-3-4-8-18(17)21/h3-4,7-8,12,16H,5-6,9-11,13-15H2,1-2H3. The number of likely N-dealkylation sites (tertiary alicyclic amines) is 1. The lowest BCUT2D eigenvalue weighted by atomic mass is 9.96. The Morgan fingerprint density at radius 2 is 2.14 bits per heavy atom. The number of halogens is 1. The summed E-state index contributed by atoms with van der Waals surface area (Å²) in [5, 5.41) is 7.24. The second kappa shape index (κ2) is 9.75. The van der Waals surface area contributed by atoms with E-state index < -0.39 is 0 Å². The van der Waals surface area contributed by atoms with Crippen molar-refractivity contribution in [2.45, 2.75) is 19.4 Å². The molecular formula is C20H28FN5O2. The second-order valence-electron chi connectivity index (χ2n) is 7.68. The molecule has 1 aromatic heterocycles. The molecular weight excluding hydrogens is 361 g/mol. The summed E-state index contributed by atoms with van der Waals surface area (Å²) in [4.78, 5) is 18.9. The molecule has 7 nitrogen and oxygen atoms in total. The molecule has 8 heteroatoms. The lowest BCUT2D eigenvalue weighted by molar-refractivity contribution is 0.0649. The number of piperidine rings is 1. The van der Waals surface area contributed by atoms with Gasteiger partial charge < -0.3 is 9.80 Å². The molecule has 0 radical (unpaired) electrons. The molecule has 1 fully saturated rings. The van der Waals surface area contributed by atoms with Crippen molar-refractivity contribution < 1.29 is 13.8 Å². The van der Waals surface area contributed by atoms with Gasteiger partial charge in [0, 0.05) is 38.3 Å². The summed E-state index contributed by atoms with van der Waals surface area (Å²) in [5.41, 5.74) is 0.954. The first-order valence-electron chi connectivity index (χ1n) is 9.70. The van der Waals surface area contributed by atoms with Crippen LogP contribution in [-0.2, 0) is 6.54 Å². The Labute approximate surface area is 165 Å². The van der Waals surface area contributed by atoms with Crippen molar-refractivity contribution in [1.82, 2.24) is 25.0 Å². The van der Waals surface area contributed by atoms with E-state index in [-0.39, 0.29) is 17.4 Å². The fourth-order valence-electron chi connectivity index (χ4n) is 3.64. The smallest absolute Gasteiger partial charge is 0.277 e. The zero-order valence-electron chi connectivity index (χ0n) is 16.6. The summed E-state index contributed by atoms with van der Waals surface area (Å²) in [7, 11) is 3.97. The van der Waals surface area contributed by atoms with Crippen LogP contribution in [0, 0.1) is 11.7 Å². The molecule has 0 saturated carbocycles. The number of carbonyl (C=O) groups excluding carboxylic acids is 1. The average molecular weight is 389 g/mol. The van der Waals surface area contributed by atoms with Crippen LogP contribution in [0.5, 0.6) is 0 Å². The Balaban J connectivity index is 1.62. The number of nitrogens with zero attached hydrogens (tertiary/aromatic N) is 5. The van der Waals surface area contributed by atoms with Crippen LogP contribution >= 0.6 is 0 Å². The quantitative estimate of drug-likeness (QED) is 0.689. The summed E-state index contributed by atoms with van der Waals surface area (Å²) < 4.78 is 18.6. The highest BCUT2D eigenvalue weighted by Crippen LogP contribution is 2.21. The maximum Gasteiger partial charge on any atom is 0.277 e. The van der Waals surface area contributed by atoms with Crippen molar-refractivity contribution in [3.63, 3.8) is 0 Å². The normalized spacial score (nSPS) is 17.8. The van der Waals surface area contributed by atoms with E-state index in [9.17, 15) is 9.18 Å². The van der Waals surface area contributed by atoms with Crippen LogP contribution in [0.4, 0.5) is 4.39 Å². The Morgan fingerprint density at radius 1 is 1.32 bits per heavy atom. The Morgan fingerprint density at radius 3 is 2.86 bits per heavy atom. The predicted octanol–water partition coefficient (Wildman–Crippen LogP) is 2.12. The van der Waals surface area contributed by atoms with Gasteiger partial charge in [0.1, 0.15) is 12.0 Å². The zero-order chi connectivity index (χ0) is 19.9. The van der Waals surface area contributed by atoms with Crippen molar-refractivity contribution in [2.24, 2.45) is 5.92 Å². The van der Waals surface area contributed by atoms with Gasteiger partial charge in [-0.05, 0) is 50.6 Å². The molecule has 1 amide bonds. The van der Waals surface area contributed by atoms with E-state index in [0.717, 1.165) is 38.0 Å². The predicted molar refractivity (Wildman–Crippen MR) is 103 cm³/mol. The van der Waals surface area contributed by atoms with Gasteiger partial charge in [-0.15, -0.1) is 0 Å². The molecule has 1 saturated heterocycles. The Bertz CT molecular complexity index is 753. The van der Waals surface area contributed by atoms with Gasteiger partial charge in [-0.3, -0.25) is 9.69 Å². The molecule has 1 unspecified atom stereocenters. The number of amides is 1. The SMILES string of the molecule is CN(C)CCN(CC1CCCN(Cc2ccccc2F)C1)C(=O)c1cnon1. The van der Waals surface area contributed by atoms with Gasteiger partial charge in [0.05, 0.1) is 0 Å². The first-order valence-corrected chi connectivity index (χ1v) is 9.70. The van der Waals surface area contributed by atoms with E-state index in [1.165, 1.54) is 12.3 Å². The van der Waals surface area contributed by atoms with Crippen molar-refractivity contribution in [1.29, 1.82) is 0 Å². The van der Waals surface area contributed by atoms with Crippen molar-refractivity contribution in [3.8, 4) is 0 Å². The molecule has 2 heterocycles.